The largest absolute Gasteiger partial charge is 0.434 e. The second-order valence-electron chi connectivity index (χ2n) is 6.15. The summed E-state index contributed by atoms with van der Waals surface area (Å²) in [7, 11) is -7.44. The van der Waals surface area contributed by atoms with E-state index in [4.69, 9.17) is 5.14 Å². The molecule has 29 heavy (non-hydrogen) atoms. The summed E-state index contributed by atoms with van der Waals surface area (Å²) in [5.41, 5.74) is -0.707. The average Bonchev–Trinajstić information content (AvgIpc) is 3.06. The lowest BCUT2D eigenvalue weighted by atomic mass is 10.2. The van der Waals surface area contributed by atoms with Gasteiger partial charge in [-0.05, 0) is 48.5 Å². The van der Waals surface area contributed by atoms with Gasteiger partial charge in [0.05, 0.1) is 9.79 Å². The molecule has 0 saturated heterocycles. The van der Waals surface area contributed by atoms with Crippen LogP contribution in [0.2, 0.25) is 0 Å². The molecule has 0 bridgehead atoms. The van der Waals surface area contributed by atoms with Gasteiger partial charge >= 0.3 is 6.18 Å². The van der Waals surface area contributed by atoms with Crippen LogP contribution >= 0.6 is 0 Å². The lowest BCUT2D eigenvalue weighted by molar-refractivity contribution is -0.140. The number of aromatic nitrogens is 2. The predicted molar refractivity (Wildman–Crippen MR) is 98.5 cm³/mol. The molecule has 0 spiro atoms. The quantitative estimate of drug-likeness (QED) is 0.664. The minimum absolute atomic E-state index is 0.00732. The highest BCUT2D eigenvalue weighted by atomic mass is 32.2. The lowest BCUT2D eigenvalue weighted by Gasteiger charge is -2.09. The highest BCUT2D eigenvalue weighted by Gasteiger charge is 2.35. The fraction of sp³-hybridized carbons (Fsp3) is 0.118. The van der Waals surface area contributed by atoms with Crippen LogP contribution in [0.1, 0.15) is 5.69 Å². The number of sulfonamides is 1. The van der Waals surface area contributed by atoms with Crippen molar-refractivity contribution in [2.45, 2.75) is 16.0 Å². The number of alkyl halides is 3. The van der Waals surface area contributed by atoms with Crippen LogP contribution in [0.25, 0.3) is 17.1 Å². The number of hydrogen-bond donors (Lipinski definition) is 1. The average molecular weight is 445 g/mol. The molecule has 0 unspecified atom stereocenters. The van der Waals surface area contributed by atoms with E-state index in [0.29, 0.717) is 0 Å². The molecular weight excluding hydrogens is 431 g/mol. The number of sulfone groups is 1. The van der Waals surface area contributed by atoms with Crippen molar-refractivity contribution in [3.8, 4) is 17.1 Å². The first-order valence-corrected chi connectivity index (χ1v) is 11.3. The van der Waals surface area contributed by atoms with Crippen molar-refractivity contribution in [3.63, 3.8) is 0 Å². The molecular formula is C17H14F3N3O4S2. The molecule has 3 rings (SSSR count). The monoisotopic (exact) mass is 445 g/mol. The normalized spacial score (nSPS) is 12.9. The molecule has 1 heterocycles. The zero-order valence-corrected chi connectivity index (χ0v) is 16.4. The maximum atomic E-state index is 13.2. The summed E-state index contributed by atoms with van der Waals surface area (Å²) in [6.45, 7) is 0. The fourth-order valence-electron chi connectivity index (χ4n) is 2.56. The molecule has 0 aliphatic carbocycles. The van der Waals surface area contributed by atoms with Crippen LogP contribution in [-0.4, -0.2) is 32.6 Å². The van der Waals surface area contributed by atoms with Gasteiger partial charge in [0, 0.05) is 23.7 Å². The van der Waals surface area contributed by atoms with Crippen molar-refractivity contribution in [2.24, 2.45) is 5.14 Å². The van der Waals surface area contributed by atoms with Gasteiger partial charge in [0.2, 0.25) is 10.0 Å². The van der Waals surface area contributed by atoms with E-state index in [-0.39, 0.29) is 26.9 Å². The second-order valence-corrected chi connectivity index (χ2v) is 9.73. The standard InChI is InChI=1S/C17H14F3N3O4S2/c1-28(24,25)13-6-2-11(3-7-13)16-22-15(17(18,19)20)10-23(16)12-4-8-14(9-5-12)29(21,26)27/h2-10H,1H3,(H2,21,26,27). The number of nitrogens with zero attached hydrogens (tertiary/aromatic N) is 2. The van der Waals surface area contributed by atoms with Crippen LogP contribution < -0.4 is 5.14 Å². The summed E-state index contributed by atoms with van der Waals surface area (Å²) >= 11 is 0. The highest BCUT2D eigenvalue weighted by Crippen LogP contribution is 2.33. The molecule has 0 aliphatic rings. The molecule has 12 heteroatoms. The number of hydrogen-bond acceptors (Lipinski definition) is 5. The first-order chi connectivity index (χ1) is 13.3. The third-order valence-corrected chi connectivity index (χ3v) is 6.04. The molecule has 2 aromatic carbocycles. The third-order valence-electron chi connectivity index (χ3n) is 3.98. The number of imidazole rings is 1. The summed E-state index contributed by atoms with van der Waals surface area (Å²) in [5, 5.41) is 5.03. The Kier molecular flexibility index (Phi) is 5.05. The van der Waals surface area contributed by atoms with Gasteiger partial charge in [0.15, 0.2) is 15.5 Å². The molecule has 0 saturated carbocycles. The summed E-state index contributed by atoms with van der Waals surface area (Å²) < 4.78 is 86.7. The molecule has 0 atom stereocenters. The Morgan fingerprint density at radius 1 is 0.897 bits per heavy atom. The minimum atomic E-state index is -4.72. The molecule has 0 aliphatic heterocycles. The molecule has 0 fully saturated rings. The van der Waals surface area contributed by atoms with Crippen LogP contribution in [0.4, 0.5) is 13.2 Å². The van der Waals surface area contributed by atoms with Crippen LogP contribution in [0.15, 0.2) is 64.5 Å². The van der Waals surface area contributed by atoms with E-state index in [1.54, 1.807) is 0 Å². The van der Waals surface area contributed by atoms with Gasteiger partial charge in [-0.15, -0.1) is 0 Å². The molecule has 3 aromatic rings. The van der Waals surface area contributed by atoms with Gasteiger partial charge < -0.3 is 0 Å². The number of benzene rings is 2. The maximum absolute atomic E-state index is 13.2. The number of nitrogens with two attached hydrogens (primary N) is 1. The van der Waals surface area contributed by atoms with Gasteiger partial charge in [-0.3, -0.25) is 4.57 Å². The Labute approximate surface area is 164 Å². The number of halogens is 3. The van der Waals surface area contributed by atoms with E-state index in [9.17, 15) is 30.0 Å². The Hall–Kier alpha value is -2.70. The summed E-state index contributed by atoms with van der Waals surface area (Å²) in [6.07, 6.45) is -2.93. The predicted octanol–water partition coefficient (Wildman–Crippen LogP) is 2.61. The molecule has 2 N–H and O–H groups in total. The Morgan fingerprint density at radius 2 is 1.41 bits per heavy atom. The van der Waals surface area contributed by atoms with Crippen molar-refractivity contribution >= 4 is 19.9 Å². The Bertz CT molecular complexity index is 1170. The molecule has 1 aromatic heterocycles. The highest BCUT2D eigenvalue weighted by molar-refractivity contribution is 7.90. The molecule has 7 nitrogen and oxygen atoms in total. The first-order valence-electron chi connectivity index (χ1n) is 7.87. The van der Waals surface area contributed by atoms with Gasteiger partial charge in [-0.2, -0.15) is 13.2 Å². The number of primary sulfonamides is 1. The SMILES string of the molecule is CS(=O)(=O)c1ccc(-c2nc(C(F)(F)F)cn2-c2ccc(S(N)(=O)=O)cc2)cc1. The van der Waals surface area contributed by atoms with Gasteiger partial charge in [-0.25, -0.2) is 27.0 Å². The summed E-state index contributed by atoms with van der Waals surface area (Å²) in [6, 6.07) is 10.1. The van der Waals surface area contributed by atoms with Crippen LogP contribution in [0.5, 0.6) is 0 Å². The van der Waals surface area contributed by atoms with E-state index >= 15 is 0 Å². The van der Waals surface area contributed by atoms with Crippen LogP contribution in [0, 0.1) is 0 Å². The molecule has 0 amide bonds. The van der Waals surface area contributed by atoms with Crippen LogP contribution in [-0.2, 0) is 26.0 Å². The second kappa shape index (κ2) is 6.97. The van der Waals surface area contributed by atoms with Crippen molar-refractivity contribution in [1.29, 1.82) is 0 Å². The van der Waals surface area contributed by atoms with Crippen molar-refractivity contribution in [2.75, 3.05) is 6.26 Å². The topological polar surface area (TPSA) is 112 Å². The van der Waals surface area contributed by atoms with E-state index in [1.165, 1.54) is 36.4 Å². The van der Waals surface area contributed by atoms with Gasteiger partial charge in [0.25, 0.3) is 0 Å². The summed E-state index contributed by atoms with van der Waals surface area (Å²) in [5.74, 6) is -0.0965. The summed E-state index contributed by atoms with van der Waals surface area (Å²) in [4.78, 5) is 3.45. The zero-order chi connectivity index (χ0) is 21.6. The van der Waals surface area contributed by atoms with Crippen molar-refractivity contribution in [1.82, 2.24) is 9.55 Å². The van der Waals surface area contributed by atoms with E-state index in [2.05, 4.69) is 4.98 Å². The maximum Gasteiger partial charge on any atom is 0.434 e. The van der Waals surface area contributed by atoms with E-state index in [1.807, 2.05) is 0 Å². The van der Waals surface area contributed by atoms with Crippen molar-refractivity contribution in [3.05, 3.63) is 60.4 Å². The first kappa shape index (κ1) is 21.0. The van der Waals surface area contributed by atoms with Gasteiger partial charge in [-0.1, -0.05) is 0 Å². The van der Waals surface area contributed by atoms with E-state index < -0.39 is 31.7 Å². The van der Waals surface area contributed by atoms with E-state index in [0.717, 1.165) is 29.2 Å². The van der Waals surface area contributed by atoms with Gasteiger partial charge in [0.1, 0.15) is 5.82 Å². The smallest absolute Gasteiger partial charge is 0.299 e. The van der Waals surface area contributed by atoms with Crippen molar-refractivity contribution < 1.29 is 30.0 Å². The zero-order valence-electron chi connectivity index (χ0n) is 14.8. The van der Waals surface area contributed by atoms with Crippen LogP contribution in [0.3, 0.4) is 0 Å². The Morgan fingerprint density at radius 3 is 1.86 bits per heavy atom. The fourth-order valence-corrected chi connectivity index (χ4v) is 3.71. The number of rotatable bonds is 4. The molecule has 0 radical (unpaired) electrons. The third kappa shape index (κ3) is 4.49. The lowest BCUT2D eigenvalue weighted by Crippen LogP contribution is -2.12. The minimum Gasteiger partial charge on any atom is -0.299 e. The molecule has 154 valence electrons. The Balaban J connectivity index is 2.16.